The van der Waals surface area contributed by atoms with E-state index in [-0.39, 0.29) is 6.04 Å². The summed E-state index contributed by atoms with van der Waals surface area (Å²) in [6, 6.07) is -0.894. The Labute approximate surface area is 93.7 Å². The molecule has 0 aromatic heterocycles. The number of hydrogen-bond donors (Lipinski definition) is 5. The molecule has 1 fully saturated rings. The van der Waals surface area contributed by atoms with Crippen LogP contribution in [0.15, 0.2) is 4.99 Å². The van der Waals surface area contributed by atoms with Gasteiger partial charge in [-0.25, -0.2) is 0 Å². The Balaban J connectivity index is 2.20. The number of aliphatic hydroxyl groups excluding tert-OH is 1. The number of guanidine groups is 1. The molecule has 0 spiro atoms. The molecule has 1 saturated heterocycles. The first-order chi connectivity index (χ1) is 7.50. The molecule has 0 aliphatic carbocycles. The minimum Gasteiger partial charge on any atom is -0.480 e. The smallest absolute Gasteiger partial charge is 0.320 e. The van der Waals surface area contributed by atoms with Crippen LogP contribution in [0.5, 0.6) is 0 Å². The number of aliphatic hydroxyl groups is 1. The molecule has 0 aromatic carbocycles. The Bertz CT molecular complexity index is 270. The van der Waals surface area contributed by atoms with Gasteiger partial charge in [0.25, 0.3) is 0 Å². The van der Waals surface area contributed by atoms with Crippen LogP contribution in [0.25, 0.3) is 0 Å². The van der Waals surface area contributed by atoms with E-state index in [1.165, 1.54) is 0 Å². The number of carboxylic acids is 1. The molecule has 1 aliphatic heterocycles. The highest BCUT2D eigenvalue weighted by atomic mass is 16.4. The summed E-state index contributed by atoms with van der Waals surface area (Å²) in [7, 11) is 0. The predicted octanol–water partition coefficient (Wildman–Crippen LogP) is -1.57. The quantitative estimate of drug-likeness (QED) is 0.364. The van der Waals surface area contributed by atoms with E-state index in [0.717, 1.165) is 0 Å². The van der Waals surface area contributed by atoms with Crippen LogP contribution in [-0.2, 0) is 4.79 Å². The van der Waals surface area contributed by atoms with Crippen molar-refractivity contribution in [3.05, 3.63) is 0 Å². The first kappa shape index (κ1) is 12.7. The van der Waals surface area contributed by atoms with E-state index in [2.05, 4.69) is 15.6 Å². The van der Waals surface area contributed by atoms with E-state index in [9.17, 15) is 9.90 Å². The molecule has 1 heterocycles. The molecule has 0 bridgehead atoms. The van der Waals surface area contributed by atoms with Crippen LogP contribution >= 0.6 is 0 Å². The molecule has 6 N–H and O–H groups in total. The summed E-state index contributed by atoms with van der Waals surface area (Å²) in [5.74, 6) is -0.447. The van der Waals surface area contributed by atoms with Crippen LogP contribution in [0.3, 0.4) is 0 Å². The minimum absolute atomic E-state index is 0.0694. The summed E-state index contributed by atoms with van der Waals surface area (Å²) in [6.45, 7) is 2.32. The van der Waals surface area contributed by atoms with Crippen molar-refractivity contribution in [2.45, 2.75) is 38.1 Å². The monoisotopic (exact) mass is 230 g/mol. The van der Waals surface area contributed by atoms with Gasteiger partial charge in [0.05, 0.1) is 6.04 Å². The SMILES string of the molecule is C[C@H]1NC(=NCCC[C@H](N)C(=O)O)N[C@H]1O. The van der Waals surface area contributed by atoms with E-state index < -0.39 is 18.2 Å². The zero-order valence-electron chi connectivity index (χ0n) is 9.18. The molecule has 92 valence electrons. The molecule has 0 amide bonds. The van der Waals surface area contributed by atoms with E-state index >= 15 is 0 Å². The number of aliphatic carboxylic acids is 1. The van der Waals surface area contributed by atoms with E-state index in [1.807, 2.05) is 6.92 Å². The fourth-order valence-electron chi connectivity index (χ4n) is 1.32. The average molecular weight is 230 g/mol. The van der Waals surface area contributed by atoms with Crippen LogP contribution < -0.4 is 16.4 Å². The Morgan fingerprint density at radius 3 is 2.81 bits per heavy atom. The summed E-state index contributed by atoms with van der Waals surface area (Å²) in [6.07, 6.45) is 0.370. The Morgan fingerprint density at radius 2 is 2.31 bits per heavy atom. The summed E-state index contributed by atoms with van der Waals surface area (Å²) in [5, 5.41) is 23.6. The lowest BCUT2D eigenvalue weighted by Gasteiger charge is -2.04. The van der Waals surface area contributed by atoms with Crippen molar-refractivity contribution < 1.29 is 15.0 Å². The lowest BCUT2D eigenvalue weighted by molar-refractivity contribution is -0.138. The van der Waals surface area contributed by atoms with E-state index in [1.54, 1.807) is 0 Å². The molecule has 7 heteroatoms. The van der Waals surface area contributed by atoms with Crippen LogP contribution in [0.2, 0.25) is 0 Å². The van der Waals surface area contributed by atoms with Crippen molar-refractivity contribution in [1.82, 2.24) is 10.6 Å². The molecule has 0 radical (unpaired) electrons. The maximum atomic E-state index is 10.4. The highest BCUT2D eigenvalue weighted by molar-refractivity contribution is 5.82. The Morgan fingerprint density at radius 1 is 1.62 bits per heavy atom. The fraction of sp³-hybridized carbons (Fsp3) is 0.778. The molecular formula is C9H18N4O3. The lowest BCUT2D eigenvalue weighted by atomic mass is 10.2. The van der Waals surface area contributed by atoms with Gasteiger partial charge < -0.3 is 26.6 Å². The van der Waals surface area contributed by atoms with E-state index in [4.69, 9.17) is 10.8 Å². The van der Waals surface area contributed by atoms with Crippen molar-refractivity contribution in [3.8, 4) is 0 Å². The normalized spacial score (nSPS) is 28.6. The van der Waals surface area contributed by atoms with Crippen molar-refractivity contribution in [3.63, 3.8) is 0 Å². The van der Waals surface area contributed by atoms with Crippen LogP contribution in [0.4, 0.5) is 0 Å². The summed E-state index contributed by atoms with van der Waals surface area (Å²) in [4.78, 5) is 14.6. The van der Waals surface area contributed by atoms with Gasteiger partial charge in [0.15, 0.2) is 5.96 Å². The molecule has 0 unspecified atom stereocenters. The topological polar surface area (TPSA) is 120 Å². The maximum absolute atomic E-state index is 10.4. The van der Waals surface area contributed by atoms with Crippen molar-refractivity contribution in [2.75, 3.05) is 6.54 Å². The first-order valence-electron chi connectivity index (χ1n) is 5.24. The molecule has 7 nitrogen and oxygen atoms in total. The number of hydrogen-bond acceptors (Lipinski definition) is 4. The van der Waals surface area contributed by atoms with Gasteiger partial charge in [0.1, 0.15) is 12.3 Å². The van der Waals surface area contributed by atoms with Crippen LogP contribution in [0, 0.1) is 0 Å². The third-order valence-electron chi connectivity index (χ3n) is 2.38. The highest BCUT2D eigenvalue weighted by Crippen LogP contribution is 1.99. The Kier molecular flexibility index (Phi) is 4.51. The van der Waals surface area contributed by atoms with Gasteiger partial charge in [-0.1, -0.05) is 0 Å². The first-order valence-corrected chi connectivity index (χ1v) is 5.24. The zero-order chi connectivity index (χ0) is 12.1. The molecular weight excluding hydrogens is 212 g/mol. The lowest BCUT2D eigenvalue weighted by Crippen LogP contribution is -2.30. The second kappa shape index (κ2) is 5.66. The third-order valence-corrected chi connectivity index (χ3v) is 2.38. The molecule has 0 aromatic rings. The number of nitrogens with one attached hydrogen (secondary N) is 2. The van der Waals surface area contributed by atoms with Gasteiger partial charge >= 0.3 is 5.97 Å². The van der Waals surface area contributed by atoms with E-state index in [0.29, 0.717) is 25.3 Å². The molecule has 1 aliphatic rings. The highest BCUT2D eigenvalue weighted by Gasteiger charge is 2.23. The standard InChI is InChI=1S/C9H18N4O3/c1-5-7(14)13-9(12-5)11-4-2-3-6(10)8(15)16/h5-7,14H,2-4,10H2,1H3,(H,15,16)(H2,11,12,13)/t5-,6+,7+/m1/s1. The van der Waals surface area contributed by atoms with Gasteiger partial charge in [-0.05, 0) is 19.8 Å². The summed E-state index contributed by atoms with van der Waals surface area (Å²) in [5.41, 5.74) is 5.34. The fourth-order valence-corrected chi connectivity index (χ4v) is 1.32. The summed E-state index contributed by atoms with van der Waals surface area (Å²) < 4.78 is 0. The van der Waals surface area contributed by atoms with Gasteiger partial charge in [-0.3, -0.25) is 9.79 Å². The number of nitrogens with two attached hydrogens (primary N) is 1. The van der Waals surface area contributed by atoms with Crippen molar-refractivity contribution in [2.24, 2.45) is 10.7 Å². The van der Waals surface area contributed by atoms with Crippen LogP contribution in [0.1, 0.15) is 19.8 Å². The van der Waals surface area contributed by atoms with Crippen molar-refractivity contribution >= 4 is 11.9 Å². The van der Waals surface area contributed by atoms with Gasteiger partial charge in [0, 0.05) is 6.54 Å². The van der Waals surface area contributed by atoms with Gasteiger partial charge in [-0.2, -0.15) is 0 Å². The molecule has 0 saturated carbocycles. The number of carbonyl (C=O) groups is 1. The number of aliphatic imine (C=N–C) groups is 1. The molecule has 1 rings (SSSR count). The maximum Gasteiger partial charge on any atom is 0.320 e. The number of carboxylic acid groups (broad SMARTS) is 1. The van der Waals surface area contributed by atoms with Gasteiger partial charge in [0.2, 0.25) is 0 Å². The Hall–Kier alpha value is -1.34. The predicted molar refractivity (Wildman–Crippen MR) is 58.9 cm³/mol. The second-order valence-corrected chi connectivity index (χ2v) is 3.84. The molecule has 16 heavy (non-hydrogen) atoms. The zero-order valence-corrected chi connectivity index (χ0v) is 9.18. The second-order valence-electron chi connectivity index (χ2n) is 3.84. The summed E-state index contributed by atoms with van der Waals surface area (Å²) >= 11 is 0. The number of nitrogens with zero attached hydrogens (tertiary/aromatic N) is 1. The minimum atomic E-state index is -0.992. The number of rotatable bonds is 5. The molecule has 3 atom stereocenters. The average Bonchev–Trinajstić information content (AvgIpc) is 2.53. The van der Waals surface area contributed by atoms with Gasteiger partial charge in [-0.15, -0.1) is 0 Å². The van der Waals surface area contributed by atoms with Crippen molar-refractivity contribution in [1.29, 1.82) is 0 Å². The largest absolute Gasteiger partial charge is 0.480 e. The third kappa shape index (κ3) is 3.67. The van der Waals surface area contributed by atoms with Crippen LogP contribution in [-0.4, -0.2) is 47.0 Å².